The highest BCUT2D eigenvalue weighted by molar-refractivity contribution is 7.92. The third kappa shape index (κ3) is 5.91. The van der Waals surface area contributed by atoms with E-state index in [9.17, 15) is 44.7 Å². The minimum Gasteiger partial charge on any atom is -0.406 e. The van der Waals surface area contributed by atoms with E-state index in [1.165, 1.54) is 30.6 Å². The monoisotopic (exact) mass is 577 g/mol. The van der Waals surface area contributed by atoms with Gasteiger partial charge in [0.15, 0.2) is 17.5 Å². The maximum absolute atomic E-state index is 13.7. The van der Waals surface area contributed by atoms with E-state index in [4.69, 9.17) is 0 Å². The molecule has 16 heteroatoms. The molecule has 39 heavy (non-hydrogen) atoms. The number of rotatable bonds is 5. The van der Waals surface area contributed by atoms with E-state index in [0.717, 1.165) is 34.6 Å². The summed E-state index contributed by atoms with van der Waals surface area (Å²) in [5.41, 5.74) is -1.16. The normalized spacial score (nSPS) is 14.6. The lowest BCUT2D eigenvalue weighted by atomic mass is 10.1. The number of sulfonamides is 1. The van der Waals surface area contributed by atoms with E-state index in [1.807, 2.05) is 0 Å². The van der Waals surface area contributed by atoms with Crippen molar-refractivity contribution in [1.29, 1.82) is 0 Å². The number of aliphatic hydroxyl groups excluding tert-OH is 1. The largest absolute Gasteiger partial charge is 0.573 e. The lowest BCUT2D eigenvalue weighted by Gasteiger charge is -2.24. The summed E-state index contributed by atoms with van der Waals surface area (Å²) >= 11 is 0. The second-order valence-corrected chi connectivity index (χ2v) is 10.1. The highest BCUT2D eigenvalue weighted by atomic mass is 32.2. The van der Waals surface area contributed by atoms with Crippen LogP contribution in [0.5, 0.6) is 5.75 Å². The highest BCUT2D eigenvalue weighted by Crippen LogP contribution is 2.37. The van der Waals surface area contributed by atoms with Crippen molar-refractivity contribution in [2.24, 2.45) is 0 Å². The Bertz CT molecular complexity index is 1510. The van der Waals surface area contributed by atoms with Gasteiger partial charge in [-0.2, -0.15) is 18.2 Å². The van der Waals surface area contributed by atoms with Crippen molar-refractivity contribution in [3.63, 3.8) is 0 Å². The molecule has 0 radical (unpaired) electrons. The molecule has 2 aromatic carbocycles. The van der Waals surface area contributed by atoms with Crippen LogP contribution in [0.2, 0.25) is 0 Å². The fourth-order valence-electron chi connectivity index (χ4n) is 3.82. The van der Waals surface area contributed by atoms with Crippen molar-refractivity contribution in [2.45, 2.75) is 30.1 Å². The first-order valence-corrected chi connectivity index (χ1v) is 12.4. The Labute approximate surface area is 217 Å². The number of hydrogen-bond acceptors (Lipinski definition) is 6. The van der Waals surface area contributed by atoms with Gasteiger partial charge in [-0.3, -0.25) is 14.4 Å². The number of quaternary nitrogens is 1. The molecule has 0 bridgehead atoms. The zero-order valence-corrected chi connectivity index (χ0v) is 20.5. The molecule has 1 aliphatic rings. The number of nitrogens with zero attached hydrogens (tertiary/aromatic N) is 2. The second kappa shape index (κ2) is 10.0. The van der Waals surface area contributed by atoms with Crippen LogP contribution in [0.4, 0.5) is 43.5 Å². The standard InChI is InChI=1S/C23H18F6N4O5S/c1-30-21(35)19(34)12-2-8-16-17(10-12)33(11-13-3-9-18(22(24,25)26)32-20(13)31-16)39(36,37)15-6-4-14(5-7-15)38-23(27,28)29/h2-10,19,34H,11H2,1H3,(H,30,35)(H,31,32)/p+1. The fraction of sp³-hybridized carbons (Fsp3) is 0.217. The quantitative estimate of drug-likeness (QED) is 0.316. The Morgan fingerprint density at radius 2 is 1.74 bits per heavy atom. The van der Waals surface area contributed by atoms with Crippen LogP contribution >= 0.6 is 0 Å². The first-order chi connectivity index (χ1) is 18.1. The molecule has 1 unspecified atom stereocenters. The molecule has 0 aliphatic carbocycles. The summed E-state index contributed by atoms with van der Waals surface area (Å²) in [6, 6.07) is 8.87. The number of ether oxygens (including phenoxy) is 1. The first-order valence-electron chi connectivity index (χ1n) is 10.9. The van der Waals surface area contributed by atoms with Crippen molar-refractivity contribution in [1.82, 2.24) is 10.3 Å². The molecular formula is C23H19F6N4O5S+. The maximum atomic E-state index is 13.7. The smallest absolute Gasteiger partial charge is 0.406 e. The third-order valence-corrected chi connectivity index (χ3v) is 7.46. The van der Waals surface area contributed by atoms with Gasteiger partial charge < -0.3 is 15.2 Å². The van der Waals surface area contributed by atoms with E-state index in [0.29, 0.717) is 6.07 Å². The number of nitrogens with two attached hydrogens (primary N) is 1. The predicted octanol–water partition coefficient (Wildman–Crippen LogP) is 3.01. The highest BCUT2D eigenvalue weighted by Gasteiger charge is 2.38. The van der Waals surface area contributed by atoms with Crippen molar-refractivity contribution in [3.8, 4) is 5.75 Å². The van der Waals surface area contributed by atoms with Gasteiger partial charge in [-0.05, 0) is 54.1 Å². The number of pyridine rings is 1. The topological polar surface area (TPSA) is 125 Å². The van der Waals surface area contributed by atoms with Crippen LogP contribution in [-0.4, -0.2) is 37.8 Å². The minimum atomic E-state index is -5.01. The number of likely N-dealkylation sites (N-methyl/N-ethyl adjacent to an activating group) is 1. The maximum Gasteiger partial charge on any atom is 0.573 e. The van der Waals surface area contributed by atoms with Gasteiger partial charge >= 0.3 is 12.5 Å². The number of nitrogens with one attached hydrogen (secondary N) is 1. The van der Waals surface area contributed by atoms with E-state index >= 15 is 0 Å². The van der Waals surface area contributed by atoms with E-state index in [1.54, 1.807) is 0 Å². The van der Waals surface area contributed by atoms with Crippen LogP contribution in [0.3, 0.4) is 0 Å². The van der Waals surface area contributed by atoms with Crippen molar-refractivity contribution in [2.75, 3.05) is 11.4 Å². The number of benzene rings is 2. The third-order valence-electron chi connectivity index (χ3n) is 5.69. The van der Waals surface area contributed by atoms with Gasteiger partial charge in [0.25, 0.3) is 15.9 Å². The van der Waals surface area contributed by atoms with Gasteiger partial charge in [-0.25, -0.2) is 8.42 Å². The summed E-state index contributed by atoms with van der Waals surface area (Å²) in [6.07, 6.45) is -11.5. The van der Waals surface area contributed by atoms with Crippen LogP contribution in [-0.2, 0) is 27.5 Å². The number of carbonyl (C=O) groups excluding carboxylic acids is 1. The molecule has 1 atom stereocenters. The number of amides is 1. The molecule has 1 aliphatic heterocycles. The van der Waals surface area contributed by atoms with Crippen molar-refractivity contribution >= 4 is 33.1 Å². The molecule has 0 saturated carbocycles. The molecule has 208 valence electrons. The summed E-state index contributed by atoms with van der Waals surface area (Å²) in [5, 5.41) is 13.8. The van der Waals surface area contributed by atoms with Gasteiger partial charge in [0.05, 0.1) is 17.0 Å². The van der Waals surface area contributed by atoms with E-state index in [-0.39, 0.29) is 28.3 Å². The molecule has 3 aromatic rings. The number of aromatic nitrogens is 1. The minimum absolute atomic E-state index is 0.0227. The molecule has 9 nitrogen and oxygen atoms in total. The molecule has 4 rings (SSSR count). The lowest BCUT2D eigenvalue weighted by Crippen LogP contribution is -2.72. The van der Waals surface area contributed by atoms with E-state index < -0.39 is 57.5 Å². The Morgan fingerprint density at radius 1 is 1.08 bits per heavy atom. The number of aliphatic hydroxyl groups is 1. The molecule has 1 amide bonds. The van der Waals surface area contributed by atoms with Gasteiger partial charge in [0.2, 0.25) is 5.82 Å². The number of halogens is 6. The Hall–Kier alpha value is -3.89. The van der Waals surface area contributed by atoms with E-state index in [2.05, 4.69) is 15.0 Å². The second-order valence-electron chi connectivity index (χ2n) is 8.25. The van der Waals surface area contributed by atoms with Crippen molar-refractivity contribution in [3.05, 3.63) is 71.4 Å². The number of fused-ring (bicyclic) bond motifs is 2. The summed E-state index contributed by atoms with van der Waals surface area (Å²) in [6.45, 7) is -0.521. The summed E-state index contributed by atoms with van der Waals surface area (Å²) < 4.78 is 109. The number of anilines is 1. The summed E-state index contributed by atoms with van der Waals surface area (Å²) in [4.78, 5) is 15.2. The molecule has 4 N–H and O–H groups in total. The lowest BCUT2D eigenvalue weighted by molar-refractivity contribution is -0.482. The molecule has 2 heterocycles. The average Bonchev–Trinajstić information content (AvgIpc) is 3.02. The predicted molar refractivity (Wildman–Crippen MR) is 122 cm³/mol. The molecule has 1 aromatic heterocycles. The Kier molecular flexibility index (Phi) is 7.22. The Balaban J connectivity index is 1.85. The first kappa shape index (κ1) is 28.1. The summed E-state index contributed by atoms with van der Waals surface area (Å²) in [7, 11) is -3.29. The zero-order valence-electron chi connectivity index (χ0n) is 19.7. The van der Waals surface area contributed by atoms with Gasteiger partial charge in [0.1, 0.15) is 11.4 Å². The average molecular weight is 577 g/mol. The fourth-order valence-corrected chi connectivity index (χ4v) is 5.28. The van der Waals surface area contributed by atoms with Gasteiger partial charge in [0, 0.05) is 13.1 Å². The SMILES string of the molecule is CNC(=O)C(O)c1ccc2c(c1)N(S(=O)(=O)c1ccc(OC(F)(F)F)cc1)Cc1ccc(C(F)(F)F)nc1[NH2+]2. The molecule has 0 saturated heterocycles. The molecule has 0 spiro atoms. The van der Waals surface area contributed by atoms with Crippen LogP contribution in [0.15, 0.2) is 59.5 Å². The Morgan fingerprint density at radius 3 is 2.33 bits per heavy atom. The number of hydrogen-bond donors (Lipinski definition) is 3. The molecule has 0 fully saturated rings. The summed E-state index contributed by atoms with van der Waals surface area (Å²) in [5.74, 6) is -1.64. The van der Waals surface area contributed by atoms with Crippen LogP contribution < -0.4 is 19.7 Å². The van der Waals surface area contributed by atoms with Gasteiger partial charge in [-0.15, -0.1) is 13.2 Å². The zero-order chi connectivity index (χ0) is 28.8. The number of alkyl halides is 6. The molecular weight excluding hydrogens is 558 g/mol. The van der Waals surface area contributed by atoms with Gasteiger partial charge in [-0.1, -0.05) is 0 Å². The van der Waals surface area contributed by atoms with Crippen LogP contribution in [0.25, 0.3) is 0 Å². The number of carbonyl (C=O) groups is 1. The van der Waals surface area contributed by atoms with Crippen LogP contribution in [0.1, 0.15) is 22.9 Å². The van der Waals surface area contributed by atoms with Crippen LogP contribution in [0, 0.1) is 0 Å². The van der Waals surface area contributed by atoms with Crippen molar-refractivity contribution < 1.29 is 54.7 Å².